The number of anilines is 1. The van der Waals surface area contributed by atoms with Gasteiger partial charge in [-0.2, -0.15) is 4.98 Å². The molecule has 3 N–H and O–H groups in total. The first-order valence-electron chi connectivity index (χ1n) is 5.58. The van der Waals surface area contributed by atoms with Crippen LogP contribution in [0, 0.1) is 5.92 Å². The predicted octanol–water partition coefficient (Wildman–Crippen LogP) is 1.27. The Morgan fingerprint density at radius 1 is 1.44 bits per heavy atom. The number of hydrogen-bond donors (Lipinski definition) is 2. The number of amides is 1. The summed E-state index contributed by atoms with van der Waals surface area (Å²) < 4.78 is 4.66. The lowest BCUT2D eigenvalue weighted by Crippen LogP contribution is -2.26. The molecule has 6 nitrogen and oxygen atoms in total. The minimum Gasteiger partial charge on any atom is -0.342 e. The van der Waals surface area contributed by atoms with Gasteiger partial charge in [0, 0.05) is 23.7 Å². The lowest BCUT2D eigenvalue weighted by molar-refractivity contribution is -0.119. The summed E-state index contributed by atoms with van der Waals surface area (Å²) in [5.41, 5.74) is 6.97. The highest BCUT2D eigenvalue weighted by molar-refractivity contribution is 5.92. The van der Waals surface area contributed by atoms with Crippen molar-refractivity contribution < 1.29 is 9.32 Å². The van der Waals surface area contributed by atoms with E-state index < -0.39 is 0 Å². The zero-order valence-electron chi connectivity index (χ0n) is 9.96. The minimum absolute atomic E-state index is 0.0928. The third-order valence-electron chi connectivity index (χ3n) is 2.57. The van der Waals surface area contributed by atoms with Crippen molar-refractivity contribution in [3.63, 3.8) is 0 Å². The number of nitrogens with two attached hydrogens (primary N) is 1. The maximum Gasteiger partial charge on any atom is 0.228 e. The Hall–Kier alpha value is -2.21. The van der Waals surface area contributed by atoms with Crippen molar-refractivity contribution in [1.82, 2.24) is 10.1 Å². The van der Waals surface area contributed by atoms with Gasteiger partial charge in [-0.05, 0) is 24.3 Å². The summed E-state index contributed by atoms with van der Waals surface area (Å²) in [7, 11) is 0. The Morgan fingerprint density at radius 2 is 2.17 bits per heavy atom. The van der Waals surface area contributed by atoms with E-state index in [1.807, 2.05) is 12.1 Å². The SMILES string of the molecule is CC(CN)C(=O)Nc1ccc(-c2ncon2)cc1. The zero-order valence-corrected chi connectivity index (χ0v) is 9.96. The molecule has 6 heteroatoms. The van der Waals surface area contributed by atoms with Gasteiger partial charge in [-0.1, -0.05) is 12.1 Å². The van der Waals surface area contributed by atoms with E-state index in [4.69, 9.17) is 5.73 Å². The fraction of sp³-hybridized carbons (Fsp3) is 0.250. The number of aromatic nitrogens is 2. The van der Waals surface area contributed by atoms with Crippen molar-refractivity contribution in [1.29, 1.82) is 0 Å². The standard InChI is InChI=1S/C12H14N4O2/c1-8(6-13)12(17)15-10-4-2-9(3-5-10)11-14-7-18-16-11/h2-5,7-8H,6,13H2,1H3,(H,15,17). The zero-order chi connectivity index (χ0) is 13.0. The maximum atomic E-state index is 11.6. The summed E-state index contributed by atoms with van der Waals surface area (Å²) in [5.74, 6) is 0.217. The molecule has 0 saturated carbocycles. The molecule has 1 atom stereocenters. The minimum atomic E-state index is -0.207. The number of nitrogens with one attached hydrogen (secondary N) is 1. The van der Waals surface area contributed by atoms with Crippen molar-refractivity contribution >= 4 is 11.6 Å². The third kappa shape index (κ3) is 2.72. The van der Waals surface area contributed by atoms with E-state index in [-0.39, 0.29) is 11.8 Å². The van der Waals surface area contributed by atoms with Crippen LogP contribution in [0.1, 0.15) is 6.92 Å². The molecule has 1 aromatic heterocycles. The second kappa shape index (κ2) is 5.42. The molecule has 1 unspecified atom stereocenters. The molecule has 0 aliphatic rings. The van der Waals surface area contributed by atoms with Gasteiger partial charge < -0.3 is 15.6 Å². The van der Waals surface area contributed by atoms with Crippen LogP contribution < -0.4 is 11.1 Å². The Bertz CT molecular complexity index is 507. The first-order valence-corrected chi connectivity index (χ1v) is 5.58. The van der Waals surface area contributed by atoms with Crippen LogP contribution in [0.4, 0.5) is 5.69 Å². The number of rotatable bonds is 4. The number of benzene rings is 1. The molecule has 0 bridgehead atoms. The number of carbonyl (C=O) groups is 1. The summed E-state index contributed by atoms with van der Waals surface area (Å²) >= 11 is 0. The molecule has 0 spiro atoms. The quantitative estimate of drug-likeness (QED) is 0.847. The third-order valence-corrected chi connectivity index (χ3v) is 2.57. The molecule has 0 aliphatic heterocycles. The Morgan fingerprint density at radius 3 is 2.72 bits per heavy atom. The smallest absolute Gasteiger partial charge is 0.228 e. The van der Waals surface area contributed by atoms with Crippen LogP contribution in [0.3, 0.4) is 0 Å². The fourth-order valence-electron chi connectivity index (χ4n) is 1.37. The molecule has 94 valence electrons. The largest absolute Gasteiger partial charge is 0.342 e. The molecule has 0 aliphatic carbocycles. The van der Waals surface area contributed by atoms with Crippen molar-refractivity contribution in [3.8, 4) is 11.4 Å². The summed E-state index contributed by atoms with van der Waals surface area (Å²) in [4.78, 5) is 15.6. The lowest BCUT2D eigenvalue weighted by atomic mass is 10.1. The van der Waals surface area contributed by atoms with Gasteiger partial charge in [0.15, 0.2) is 0 Å². The lowest BCUT2D eigenvalue weighted by Gasteiger charge is -2.09. The van der Waals surface area contributed by atoms with Crippen LogP contribution in [-0.4, -0.2) is 22.6 Å². The van der Waals surface area contributed by atoms with E-state index in [1.54, 1.807) is 19.1 Å². The molecule has 0 saturated heterocycles. The summed E-state index contributed by atoms with van der Waals surface area (Å²) in [6.45, 7) is 2.11. The molecule has 0 radical (unpaired) electrons. The summed E-state index contributed by atoms with van der Waals surface area (Å²) in [6.07, 6.45) is 1.27. The molecule has 0 fully saturated rings. The maximum absolute atomic E-state index is 11.6. The van der Waals surface area contributed by atoms with Crippen LogP contribution in [0.5, 0.6) is 0 Å². The van der Waals surface area contributed by atoms with E-state index in [0.29, 0.717) is 18.1 Å². The second-order valence-electron chi connectivity index (χ2n) is 3.96. The topological polar surface area (TPSA) is 94.0 Å². The summed E-state index contributed by atoms with van der Waals surface area (Å²) in [5, 5.41) is 6.51. The first kappa shape index (κ1) is 12.3. The van der Waals surface area contributed by atoms with Crippen molar-refractivity contribution in [3.05, 3.63) is 30.7 Å². The average Bonchev–Trinajstić information content (AvgIpc) is 2.92. The Balaban J connectivity index is 2.06. The second-order valence-corrected chi connectivity index (χ2v) is 3.96. The monoisotopic (exact) mass is 246 g/mol. The van der Waals surface area contributed by atoms with Gasteiger partial charge in [-0.25, -0.2) is 0 Å². The van der Waals surface area contributed by atoms with E-state index in [9.17, 15) is 4.79 Å². The summed E-state index contributed by atoms with van der Waals surface area (Å²) in [6, 6.07) is 7.20. The molecule has 2 aromatic rings. The highest BCUT2D eigenvalue weighted by atomic mass is 16.5. The van der Waals surface area contributed by atoms with Crippen molar-refractivity contribution in [2.75, 3.05) is 11.9 Å². The van der Waals surface area contributed by atoms with Gasteiger partial charge in [-0.15, -0.1) is 0 Å². The molecular weight excluding hydrogens is 232 g/mol. The van der Waals surface area contributed by atoms with Crippen LogP contribution in [0.2, 0.25) is 0 Å². The van der Waals surface area contributed by atoms with E-state index >= 15 is 0 Å². The van der Waals surface area contributed by atoms with Crippen LogP contribution >= 0.6 is 0 Å². The van der Waals surface area contributed by atoms with Crippen molar-refractivity contribution in [2.24, 2.45) is 11.7 Å². The average molecular weight is 246 g/mol. The predicted molar refractivity (Wildman–Crippen MR) is 66.6 cm³/mol. The Kier molecular flexibility index (Phi) is 3.69. The van der Waals surface area contributed by atoms with Gasteiger partial charge in [0.05, 0.1) is 0 Å². The van der Waals surface area contributed by atoms with Gasteiger partial charge in [0.2, 0.25) is 18.1 Å². The Labute approximate surface area is 104 Å². The van der Waals surface area contributed by atoms with Gasteiger partial charge >= 0.3 is 0 Å². The van der Waals surface area contributed by atoms with Crippen molar-refractivity contribution in [2.45, 2.75) is 6.92 Å². The van der Waals surface area contributed by atoms with E-state index in [1.165, 1.54) is 6.39 Å². The van der Waals surface area contributed by atoms with Gasteiger partial charge in [0.25, 0.3) is 0 Å². The molecule has 1 aromatic carbocycles. The number of carbonyl (C=O) groups excluding carboxylic acids is 1. The number of nitrogens with zero attached hydrogens (tertiary/aromatic N) is 2. The highest BCUT2D eigenvalue weighted by Crippen LogP contribution is 2.17. The normalized spacial score (nSPS) is 12.1. The van der Waals surface area contributed by atoms with E-state index in [0.717, 1.165) is 5.56 Å². The molecule has 1 amide bonds. The van der Waals surface area contributed by atoms with Crippen LogP contribution in [0.15, 0.2) is 35.2 Å². The van der Waals surface area contributed by atoms with Crippen LogP contribution in [0.25, 0.3) is 11.4 Å². The molecule has 1 heterocycles. The van der Waals surface area contributed by atoms with Gasteiger partial charge in [-0.3, -0.25) is 4.79 Å². The number of hydrogen-bond acceptors (Lipinski definition) is 5. The highest BCUT2D eigenvalue weighted by Gasteiger charge is 2.11. The molecule has 18 heavy (non-hydrogen) atoms. The van der Waals surface area contributed by atoms with Crippen LogP contribution in [-0.2, 0) is 4.79 Å². The van der Waals surface area contributed by atoms with Gasteiger partial charge in [0.1, 0.15) is 0 Å². The fourth-order valence-corrected chi connectivity index (χ4v) is 1.37. The van der Waals surface area contributed by atoms with E-state index in [2.05, 4.69) is 20.0 Å². The molecular formula is C12H14N4O2. The molecule has 2 rings (SSSR count). The first-order chi connectivity index (χ1) is 8.70.